The minimum absolute atomic E-state index is 0. The molecule has 0 heterocycles. The quantitative estimate of drug-likeness (QED) is 0.602. The first-order valence-electron chi connectivity index (χ1n) is 2.57. The zero-order chi connectivity index (χ0) is 7.56. The zero-order valence-corrected chi connectivity index (χ0v) is 10.4. The van der Waals surface area contributed by atoms with Crippen LogP contribution in [0.15, 0.2) is 33.6 Å². The minimum atomic E-state index is -1.89. The van der Waals surface area contributed by atoms with Gasteiger partial charge in [-0.3, -0.25) is 0 Å². The smallest absolute Gasteiger partial charge is 0.187 e. The molecule has 1 aromatic rings. The largest absolute Gasteiger partial charge is 0.302 e. The van der Waals surface area contributed by atoms with Gasteiger partial charge in [0.1, 0.15) is 0 Å². The van der Waals surface area contributed by atoms with Crippen LogP contribution < -0.4 is 0 Å². The average Bonchev–Trinajstić information content (AvgIpc) is 1.88. The molecule has 0 aliphatic rings. The molecule has 1 atom stereocenters. The Morgan fingerprint density at radius 3 is 2.27 bits per heavy atom. The topological polar surface area (TPSA) is 37.3 Å². The molecule has 0 aliphatic heterocycles. The summed E-state index contributed by atoms with van der Waals surface area (Å²) < 4.78 is 19.8. The molecule has 1 rings (SSSR count). The van der Waals surface area contributed by atoms with Crippen molar-refractivity contribution in [2.45, 2.75) is 4.90 Å². The van der Waals surface area contributed by atoms with Crippen LogP contribution in [0.4, 0.5) is 0 Å². The summed E-state index contributed by atoms with van der Waals surface area (Å²) in [6.07, 6.45) is 0. The van der Waals surface area contributed by atoms with E-state index in [1.807, 2.05) is 0 Å². The molecule has 1 aromatic carbocycles. The van der Waals surface area contributed by atoms with Crippen molar-refractivity contribution in [2.75, 3.05) is 0 Å². The third-order valence-electron chi connectivity index (χ3n) is 1.02. The molecule has 0 saturated carbocycles. The standard InChI is InChI=1S/C6H5BrO2S.Na/c7-5-3-1-2-4-6(5)10(8)9;/h1-4H,(H,8,9);. The van der Waals surface area contributed by atoms with E-state index in [4.69, 9.17) is 4.55 Å². The summed E-state index contributed by atoms with van der Waals surface area (Å²) in [6, 6.07) is 6.83. The molecule has 55 valence electrons. The van der Waals surface area contributed by atoms with Crippen molar-refractivity contribution in [3.63, 3.8) is 0 Å². The molecule has 2 nitrogen and oxygen atoms in total. The van der Waals surface area contributed by atoms with E-state index in [-0.39, 0.29) is 29.6 Å². The molecule has 0 aromatic heterocycles. The van der Waals surface area contributed by atoms with Crippen LogP contribution >= 0.6 is 15.9 Å². The monoisotopic (exact) mass is 243 g/mol. The summed E-state index contributed by atoms with van der Waals surface area (Å²) in [7, 11) is 0. The Morgan fingerprint density at radius 2 is 1.91 bits per heavy atom. The number of hydrogen-bond acceptors (Lipinski definition) is 1. The predicted molar refractivity (Wildman–Crippen MR) is 48.9 cm³/mol. The van der Waals surface area contributed by atoms with Crippen molar-refractivity contribution < 1.29 is 8.76 Å². The molecule has 5 heteroatoms. The first-order chi connectivity index (χ1) is 4.72. The maximum Gasteiger partial charge on any atom is 0.187 e. The van der Waals surface area contributed by atoms with E-state index in [0.29, 0.717) is 9.37 Å². The van der Waals surface area contributed by atoms with Crippen LogP contribution in [0, 0.1) is 0 Å². The Labute approximate surface area is 98.1 Å². The Morgan fingerprint density at radius 1 is 1.36 bits per heavy atom. The minimum Gasteiger partial charge on any atom is -0.302 e. The van der Waals surface area contributed by atoms with E-state index in [2.05, 4.69) is 15.9 Å². The molecule has 1 unspecified atom stereocenters. The second-order valence-electron chi connectivity index (χ2n) is 1.68. The first kappa shape index (κ1) is 11.8. The van der Waals surface area contributed by atoms with Crippen molar-refractivity contribution in [1.29, 1.82) is 0 Å². The summed E-state index contributed by atoms with van der Waals surface area (Å²) in [4.78, 5) is 0.405. The fraction of sp³-hybridized carbons (Fsp3) is 0. The van der Waals surface area contributed by atoms with Crippen LogP contribution in [0.25, 0.3) is 0 Å². The summed E-state index contributed by atoms with van der Waals surface area (Å²) in [5.74, 6) is 0. The Kier molecular flexibility index (Phi) is 5.86. The number of benzene rings is 1. The van der Waals surface area contributed by atoms with Crippen LogP contribution in [-0.2, 0) is 11.1 Å². The van der Waals surface area contributed by atoms with Gasteiger partial charge in [0.15, 0.2) is 11.1 Å². The molecule has 1 radical (unpaired) electrons. The van der Waals surface area contributed by atoms with Crippen molar-refractivity contribution in [3.05, 3.63) is 28.7 Å². The van der Waals surface area contributed by atoms with E-state index in [0.717, 1.165) is 0 Å². The summed E-state index contributed by atoms with van der Waals surface area (Å²) in [5, 5.41) is 0. The molecule has 0 aliphatic carbocycles. The van der Waals surface area contributed by atoms with E-state index < -0.39 is 11.1 Å². The van der Waals surface area contributed by atoms with Crippen molar-refractivity contribution in [1.82, 2.24) is 0 Å². The van der Waals surface area contributed by atoms with Gasteiger partial charge in [-0.05, 0) is 28.1 Å². The summed E-state index contributed by atoms with van der Waals surface area (Å²) >= 11 is 1.26. The van der Waals surface area contributed by atoms with Gasteiger partial charge in [0, 0.05) is 34.0 Å². The second-order valence-corrected chi connectivity index (χ2v) is 3.47. The zero-order valence-electron chi connectivity index (χ0n) is 5.95. The van der Waals surface area contributed by atoms with Crippen LogP contribution in [0.2, 0.25) is 0 Å². The molecule has 11 heavy (non-hydrogen) atoms. The van der Waals surface area contributed by atoms with Gasteiger partial charge in [-0.2, -0.15) is 0 Å². The third-order valence-corrected chi connectivity index (χ3v) is 2.71. The molecule has 1 N–H and O–H groups in total. The van der Waals surface area contributed by atoms with Gasteiger partial charge in [-0.1, -0.05) is 12.1 Å². The van der Waals surface area contributed by atoms with Crippen molar-refractivity contribution >= 4 is 56.6 Å². The van der Waals surface area contributed by atoms with Gasteiger partial charge < -0.3 is 4.55 Å². The Bertz CT molecular complexity index is 267. The molecule has 0 bridgehead atoms. The molecular formula is C6H5BrNaO2S. The van der Waals surface area contributed by atoms with Crippen molar-refractivity contribution in [2.24, 2.45) is 0 Å². The molecular weight excluding hydrogens is 239 g/mol. The van der Waals surface area contributed by atoms with E-state index in [1.54, 1.807) is 24.3 Å². The van der Waals surface area contributed by atoms with E-state index in [1.165, 1.54) is 0 Å². The number of hydrogen-bond donors (Lipinski definition) is 1. The van der Waals surface area contributed by atoms with Gasteiger partial charge in [-0.15, -0.1) is 0 Å². The average molecular weight is 244 g/mol. The summed E-state index contributed by atoms with van der Waals surface area (Å²) in [5.41, 5.74) is 0. The van der Waals surface area contributed by atoms with E-state index >= 15 is 0 Å². The van der Waals surface area contributed by atoms with Crippen LogP contribution in [0.5, 0.6) is 0 Å². The van der Waals surface area contributed by atoms with Crippen LogP contribution in [-0.4, -0.2) is 38.3 Å². The maximum atomic E-state index is 10.5. The SMILES string of the molecule is O=S(O)c1ccccc1Br.[Na]. The van der Waals surface area contributed by atoms with Gasteiger partial charge in [0.05, 0.1) is 4.90 Å². The summed E-state index contributed by atoms with van der Waals surface area (Å²) in [6.45, 7) is 0. The Hall–Kier alpha value is 0.810. The van der Waals surface area contributed by atoms with Gasteiger partial charge in [-0.25, -0.2) is 4.21 Å². The number of rotatable bonds is 1. The molecule has 0 fully saturated rings. The van der Waals surface area contributed by atoms with Gasteiger partial charge in [0.25, 0.3) is 0 Å². The van der Waals surface area contributed by atoms with Gasteiger partial charge in [0.2, 0.25) is 0 Å². The van der Waals surface area contributed by atoms with E-state index in [9.17, 15) is 4.21 Å². The fourth-order valence-electron chi connectivity index (χ4n) is 0.586. The maximum absolute atomic E-state index is 10.5. The normalized spacial score (nSPS) is 11.8. The van der Waals surface area contributed by atoms with Crippen LogP contribution in [0.1, 0.15) is 0 Å². The van der Waals surface area contributed by atoms with Gasteiger partial charge >= 0.3 is 0 Å². The molecule has 0 saturated heterocycles. The van der Waals surface area contributed by atoms with Crippen molar-refractivity contribution in [3.8, 4) is 0 Å². The Balaban J connectivity index is 0.000001000. The third kappa shape index (κ3) is 3.36. The first-order valence-corrected chi connectivity index (χ1v) is 4.47. The van der Waals surface area contributed by atoms with Crippen LogP contribution in [0.3, 0.4) is 0 Å². The fourth-order valence-corrected chi connectivity index (χ4v) is 1.72. The number of halogens is 1. The molecule has 0 amide bonds. The molecule has 0 spiro atoms. The second kappa shape index (κ2) is 5.45. The predicted octanol–water partition coefficient (Wildman–Crippen LogP) is 1.65.